The lowest BCUT2D eigenvalue weighted by Gasteiger charge is -2.09. The van der Waals surface area contributed by atoms with E-state index in [-0.39, 0.29) is 11.4 Å². The Morgan fingerprint density at radius 3 is 2.95 bits per heavy atom. The Labute approximate surface area is 120 Å². The van der Waals surface area contributed by atoms with Crippen LogP contribution >= 0.6 is 11.6 Å². The van der Waals surface area contributed by atoms with E-state index < -0.39 is 5.97 Å². The zero-order valence-corrected chi connectivity index (χ0v) is 11.4. The Morgan fingerprint density at radius 1 is 1.50 bits per heavy atom. The highest BCUT2D eigenvalue weighted by molar-refractivity contribution is 6.32. The van der Waals surface area contributed by atoms with Gasteiger partial charge in [0.05, 0.1) is 12.1 Å². The molecule has 20 heavy (non-hydrogen) atoms. The quantitative estimate of drug-likeness (QED) is 0.881. The molecule has 0 amide bonds. The number of rotatable bonds is 5. The molecule has 1 aromatic carbocycles. The van der Waals surface area contributed by atoms with Gasteiger partial charge in [-0.1, -0.05) is 17.7 Å². The molecule has 0 fully saturated rings. The predicted molar refractivity (Wildman–Crippen MR) is 74.3 cm³/mol. The first-order valence-electron chi connectivity index (χ1n) is 5.71. The fourth-order valence-electron chi connectivity index (χ4n) is 1.63. The van der Waals surface area contributed by atoms with E-state index >= 15 is 0 Å². The van der Waals surface area contributed by atoms with Gasteiger partial charge in [0.1, 0.15) is 23.5 Å². The second-order valence-corrected chi connectivity index (χ2v) is 4.32. The number of carboxylic acid groups (broad SMARTS) is 1. The number of carbonyl (C=O) groups is 1. The maximum Gasteiger partial charge on any atom is 0.341 e. The van der Waals surface area contributed by atoms with Crippen molar-refractivity contribution in [1.29, 1.82) is 0 Å². The molecule has 0 unspecified atom stereocenters. The topological polar surface area (TPSA) is 84.3 Å². The van der Waals surface area contributed by atoms with Crippen molar-refractivity contribution >= 4 is 23.4 Å². The Hall–Kier alpha value is -2.34. The fraction of sp³-hybridized carbons (Fsp3) is 0.154. The van der Waals surface area contributed by atoms with E-state index in [1.54, 1.807) is 19.2 Å². The third kappa shape index (κ3) is 3.16. The SMILES string of the molecule is COc1ccc(CNc2ncncc2C(=O)O)cc1Cl. The minimum Gasteiger partial charge on any atom is -0.495 e. The molecule has 2 aromatic rings. The van der Waals surface area contributed by atoms with E-state index in [2.05, 4.69) is 15.3 Å². The number of nitrogens with zero attached hydrogens (tertiary/aromatic N) is 2. The van der Waals surface area contributed by atoms with Crippen molar-refractivity contribution in [2.45, 2.75) is 6.54 Å². The van der Waals surface area contributed by atoms with Crippen LogP contribution in [0.25, 0.3) is 0 Å². The van der Waals surface area contributed by atoms with Crippen molar-refractivity contribution < 1.29 is 14.6 Å². The number of carboxylic acids is 1. The third-order valence-electron chi connectivity index (χ3n) is 2.62. The minimum absolute atomic E-state index is 0.0205. The summed E-state index contributed by atoms with van der Waals surface area (Å²) in [6.45, 7) is 0.390. The molecule has 1 aromatic heterocycles. The van der Waals surface area contributed by atoms with E-state index in [9.17, 15) is 4.79 Å². The molecule has 2 rings (SSSR count). The number of anilines is 1. The highest BCUT2D eigenvalue weighted by Gasteiger charge is 2.11. The standard InChI is InChI=1S/C13H12ClN3O3/c1-20-11-3-2-8(4-10(11)14)5-16-12-9(13(18)19)6-15-7-17-12/h2-4,6-7H,5H2,1H3,(H,18,19)(H,15,16,17). The van der Waals surface area contributed by atoms with Gasteiger partial charge in [0.2, 0.25) is 0 Å². The normalized spacial score (nSPS) is 10.1. The van der Waals surface area contributed by atoms with Crippen LogP contribution in [0.2, 0.25) is 5.02 Å². The molecule has 7 heteroatoms. The number of hydrogen-bond donors (Lipinski definition) is 2. The summed E-state index contributed by atoms with van der Waals surface area (Å²) in [4.78, 5) is 18.6. The van der Waals surface area contributed by atoms with Crippen LogP contribution in [0.1, 0.15) is 15.9 Å². The van der Waals surface area contributed by atoms with Gasteiger partial charge in [-0.25, -0.2) is 14.8 Å². The van der Waals surface area contributed by atoms with Crippen LogP contribution in [0.5, 0.6) is 5.75 Å². The minimum atomic E-state index is -1.08. The molecule has 0 saturated heterocycles. The maximum atomic E-state index is 11.0. The van der Waals surface area contributed by atoms with Crippen LogP contribution in [0.4, 0.5) is 5.82 Å². The summed E-state index contributed by atoms with van der Waals surface area (Å²) in [5.74, 6) is -0.232. The lowest BCUT2D eigenvalue weighted by Crippen LogP contribution is -2.08. The molecule has 6 nitrogen and oxygen atoms in total. The summed E-state index contributed by atoms with van der Waals surface area (Å²) in [5, 5.41) is 12.5. The molecule has 0 radical (unpaired) electrons. The van der Waals surface area contributed by atoms with E-state index in [0.717, 1.165) is 5.56 Å². The fourth-order valence-corrected chi connectivity index (χ4v) is 1.91. The maximum absolute atomic E-state index is 11.0. The number of aromatic nitrogens is 2. The summed E-state index contributed by atoms with van der Waals surface area (Å²) in [6.07, 6.45) is 2.54. The lowest BCUT2D eigenvalue weighted by molar-refractivity contribution is 0.0697. The van der Waals surface area contributed by atoms with Gasteiger partial charge in [-0.05, 0) is 17.7 Å². The number of ether oxygens (including phenoxy) is 1. The van der Waals surface area contributed by atoms with Gasteiger partial charge in [-0.3, -0.25) is 0 Å². The molecule has 0 aliphatic rings. The number of hydrogen-bond acceptors (Lipinski definition) is 5. The van der Waals surface area contributed by atoms with Gasteiger partial charge in [-0.2, -0.15) is 0 Å². The van der Waals surface area contributed by atoms with Crippen molar-refractivity contribution in [2.24, 2.45) is 0 Å². The molecule has 0 aliphatic carbocycles. The van der Waals surface area contributed by atoms with Crippen molar-refractivity contribution in [2.75, 3.05) is 12.4 Å². The Morgan fingerprint density at radius 2 is 2.30 bits per heavy atom. The molecule has 0 saturated carbocycles. The van der Waals surface area contributed by atoms with Crippen LogP contribution in [-0.4, -0.2) is 28.2 Å². The van der Waals surface area contributed by atoms with Crippen LogP contribution < -0.4 is 10.1 Å². The van der Waals surface area contributed by atoms with Gasteiger partial charge in [0.25, 0.3) is 0 Å². The van der Waals surface area contributed by atoms with Gasteiger partial charge in [-0.15, -0.1) is 0 Å². The molecular weight excluding hydrogens is 282 g/mol. The van der Waals surface area contributed by atoms with Gasteiger partial charge in [0.15, 0.2) is 0 Å². The van der Waals surface area contributed by atoms with Crippen molar-refractivity contribution in [3.63, 3.8) is 0 Å². The highest BCUT2D eigenvalue weighted by atomic mass is 35.5. The molecule has 0 bridgehead atoms. The Bertz CT molecular complexity index is 634. The van der Waals surface area contributed by atoms with Crippen LogP contribution in [0.3, 0.4) is 0 Å². The molecule has 0 atom stereocenters. The number of methoxy groups -OCH3 is 1. The van der Waals surface area contributed by atoms with Crippen molar-refractivity contribution in [3.05, 3.63) is 46.9 Å². The molecular formula is C13H12ClN3O3. The number of nitrogens with one attached hydrogen (secondary N) is 1. The Kier molecular flexibility index (Phi) is 4.37. The largest absolute Gasteiger partial charge is 0.495 e. The first kappa shape index (κ1) is 14.1. The van der Waals surface area contributed by atoms with E-state index in [0.29, 0.717) is 17.3 Å². The van der Waals surface area contributed by atoms with E-state index in [1.165, 1.54) is 12.5 Å². The van der Waals surface area contributed by atoms with Gasteiger partial charge >= 0.3 is 5.97 Å². The summed E-state index contributed by atoms with van der Waals surface area (Å²) < 4.78 is 5.06. The van der Waals surface area contributed by atoms with E-state index in [4.69, 9.17) is 21.4 Å². The summed E-state index contributed by atoms with van der Waals surface area (Å²) in [7, 11) is 1.54. The highest BCUT2D eigenvalue weighted by Crippen LogP contribution is 2.25. The molecule has 2 N–H and O–H groups in total. The third-order valence-corrected chi connectivity index (χ3v) is 2.91. The second-order valence-electron chi connectivity index (χ2n) is 3.91. The number of benzene rings is 1. The summed E-state index contributed by atoms with van der Waals surface area (Å²) >= 11 is 6.02. The van der Waals surface area contributed by atoms with Crippen LogP contribution in [-0.2, 0) is 6.54 Å². The molecule has 1 heterocycles. The van der Waals surface area contributed by atoms with E-state index in [1.807, 2.05) is 6.07 Å². The second kappa shape index (κ2) is 6.21. The molecule has 104 valence electrons. The smallest absolute Gasteiger partial charge is 0.341 e. The monoisotopic (exact) mass is 293 g/mol. The van der Waals surface area contributed by atoms with Crippen LogP contribution in [0, 0.1) is 0 Å². The van der Waals surface area contributed by atoms with Gasteiger partial charge < -0.3 is 15.2 Å². The Balaban J connectivity index is 2.13. The zero-order chi connectivity index (χ0) is 14.5. The number of halogens is 1. The lowest BCUT2D eigenvalue weighted by atomic mass is 10.2. The van der Waals surface area contributed by atoms with Crippen molar-refractivity contribution in [1.82, 2.24) is 9.97 Å². The average Bonchev–Trinajstić information content (AvgIpc) is 2.45. The average molecular weight is 294 g/mol. The molecule has 0 spiro atoms. The summed E-state index contributed by atoms with van der Waals surface area (Å²) in [5.41, 5.74) is 0.901. The summed E-state index contributed by atoms with van der Waals surface area (Å²) in [6, 6.07) is 5.33. The zero-order valence-electron chi connectivity index (χ0n) is 10.6. The van der Waals surface area contributed by atoms with Gasteiger partial charge in [0, 0.05) is 12.7 Å². The first-order valence-corrected chi connectivity index (χ1v) is 6.09. The predicted octanol–water partition coefficient (Wildman–Crippen LogP) is 2.45. The number of aromatic carboxylic acids is 1. The van der Waals surface area contributed by atoms with Crippen molar-refractivity contribution in [3.8, 4) is 5.75 Å². The first-order chi connectivity index (χ1) is 9.61. The van der Waals surface area contributed by atoms with Crippen LogP contribution in [0.15, 0.2) is 30.7 Å². The molecule has 0 aliphatic heterocycles.